The summed E-state index contributed by atoms with van der Waals surface area (Å²) in [5, 5.41) is 8.38. The van der Waals surface area contributed by atoms with Gasteiger partial charge in [-0.2, -0.15) is 5.26 Å². The van der Waals surface area contributed by atoms with Gasteiger partial charge in [-0.25, -0.2) is 0 Å². The maximum absolute atomic E-state index is 10.7. The monoisotopic (exact) mass is 164 g/mol. The molecule has 0 unspecified atom stereocenters. The van der Waals surface area contributed by atoms with Crippen LogP contribution in [-0.2, 0) is 0 Å². The standard InChI is InChI=1S/C7H6N2O.C2H6/c1-5-2-6(3-8)4-9-7(5)10;1-2/h2,4H,1H3,(H,9,10);1-2H3. The van der Waals surface area contributed by atoms with Crippen LogP contribution in [0.25, 0.3) is 0 Å². The molecule has 0 saturated heterocycles. The summed E-state index contributed by atoms with van der Waals surface area (Å²) in [6, 6.07) is 3.48. The van der Waals surface area contributed by atoms with Crippen LogP contribution < -0.4 is 5.56 Å². The van der Waals surface area contributed by atoms with Crippen LogP contribution in [0.4, 0.5) is 0 Å². The molecule has 64 valence electrons. The minimum atomic E-state index is -0.140. The number of H-pyrrole nitrogens is 1. The summed E-state index contributed by atoms with van der Waals surface area (Å²) >= 11 is 0. The second kappa shape index (κ2) is 5.14. The Kier molecular flexibility index (Phi) is 4.47. The molecule has 0 aliphatic rings. The Morgan fingerprint density at radius 2 is 2.08 bits per heavy atom. The lowest BCUT2D eigenvalue weighted by atomic mass is 10.2. The van der Waals surface area contributed by atoms with Gasteiger partial charge in [-0.05, 0) is 13.0 Å². The summed E-state index contributed by atoms with van der Waals surface area (Å²) in [5.74, 6) is 0. The van der Waals surface area contributed by atoms with E-state index >= 15 is 0 Å². The molecule has 12 heavy (non-hydrogen) atoms. The molecule has 0 aromatic carbocycles. The summed E-state index contributed by atoms with van der Waals surface area (Å²) in [5.41, 5.74) is 0.912. The van der Waals surface area contributed by atoms with Crippen molar-refractivity contribution >= 4 is 0 Å². The van der Waals surface area contributed by atoms with Gasteiger partial charge in [0.25, 0.3) is 5.56 Å². The lowest BCUT2D eigenvalue weighted by Crippen LogP contribution is -2.07. The molecule has 1 aromatic rings. The summed E-state index contributed by atoms with van der Waals surface area (Å²) in [6.07, 6.45) is 1.40. The van der Waals surface area contributed by atoms with Gasteiger partial charge in [0.2, 0.25) is 0 Å². The Bertz CT molecular complexity index is 333. The van der Waals surface area contributed by atoms with Crippen molar-refractivity contribution in [1.29, 1.82) is 5.26 Å². The van der Waals surface area contributed by atoms with Crippen molar-refractivity contribution < 1.29 is 0 Å². The van der Waals surface area contributed by atoms with Gasteiger partial charge in [0.15, 0.2) is 0 Å². The smallest absolute Gasteiger partial charge is 0.250 e. The van der Waals surface area contributed by atoms with Crippen molar-refractivity contribution in [2.75, 3.05) is 0 Å². The molecule has 1 aromatic heterocycles. The van der Waals surface area contributed by atoms with Gasteiger partial charge in [0.1, 0.15) is 6.07 Å². The molecule has 0 saturated carbocycles. The minimum absolute atomic E-state index is 0.140. The molecular formula is C9H12N2O. The molecule has 1 rings (SSSR count). The molecule has 0 aliphatic carbocycles. The molecule has 0 atom stereocenters. The van der Waals surface area contributed by atoms with E-state index in [1.807, 2.05) is 19.9 Å². The fraction of sp³-hybridized carbons (Fsp3) is 0.333. The predicted octanol–water partition coefficient (Wildman–Crippen LogP) is 1.58. The fourth-order valence-corrected chi connectivity index (χ4v) is 0.662. The topological polar surface area (TPSA) is 56.6 Å². The van der Waals surface area contributed by atoms with Crippen molar-refractivity contribution in [2.24, 2.45) is 0 Å². The Labute approximate surface area is 71.7 Å². The SMILES string of the molecule is CC.Cc1cc(C#N)c[nH]c1=O. The first kappa shape index (κ1) is 10.4. The first-order valence-electron chi connectivity index (χ1n) is 3.83. The number of nitrogens with zero attached hydrogens (tertiary/aromatic N) is 1. The molecule has 1 N–H and O–H groups in total. The first-order chi connectivity index (χ1) is 5.74. The van der Waals surface area contributed by atoms with E-state index in [9.17, 15) is 4.79 Å². The maximum Gasteiger partial charge on any atom is 0.250 e. The number of pyridine rings is 1. The van der Waals surface area contributed by atoms with Gasteiger partial charge >= 0.3 is 0 Å². The number of hydrogen-bond donors (Lipinski definition) is 1. The largest absolute Gasteiger partial charge is 0.328 e. The van der Waals surface area contributed by atoms with Gasteiger partial charge in [0, 0.05) is 11.8 Å². The molecule has 0 amide bonds. The summed E-state index contributed by atoms with van der Waals surface area (Å²) in [6.45, 7) is 5.67. The fourth-order valence-electron chi connectivity index (χ4n) is 0.662. The number of aryl methyl sites for hydroxylation is 1. The van der Waals surface area contributed by atoms with Crippen molar-refractivity contribution in [2.45, 2.75) is 20.8 Å². The van der Waals surface area contributed by atoms with Gasteiger partial charge in [-0.3, -0.25) is 4.79 Å². The molecule has 0 aliphatic heterocycles. The van der Waals surface area contributed by atoms with Crippen LogP contribution in [-0.4, -0.2) is 4.98 Å². The van der Waals surface area contributed by atoms with E-state index in [0.717, 1.165) is 0 Å². The minimum Gasteiger partial charge on any atom is -0.328 e. The van der Waals surface area contributed by atoms with E-state index in [-0.39, 0.29) is 5.56 Å². The normalized spacial score (nSPS) is 7.83. The van der Waals surface area contributed by atoms with Crippen LogP contribution in [0, 0.1) is 18.3 Å². The molecule has 3 heteroatoms. The number of rotatable bonds is 0. The lowest BCUT2D eigenvalue weighted by Gasteiger charge is -1.89. The highest BCUT2D eigenvalue weighted by Crippen LogP contribution is 1.92. The average Bonchev–Trinajstić information content (AvgIpc) is 2.13. The van der Waals surface area contributed by atoms with Crippen molar-refractivity contribution in [3.8, 4) is 6.07 Å². The predicted molar refractivity (Wildman–Crippen MR) is 47.9 cm³/mol. The van der Waals surface area contributed by atoms with Crippen molar-refractivity contribution in [3.05, 3.63) is 33.7 Å². The van der Waals surface area contributed by atoms with Crippen LogP contribution >= 0.6 is 0 Å². The number of hydrogen-bond acceptors (Lipinski definition) is 2. The Morgan fingerprint density at radius 3 is 2.50 bits per heavy atom. The van der Waals surface area contributed by atoms with Crippen molar-refractivity contribution in [3.63, 3.8) is 0 Å². The van der Waals surface area contributed by atoms with Gasteiger partial charge < -0.3 is 4.98 Å². The molecule has 1 heterocycles. The molecule has 0 spiro atoms. The lowest BCUT2D eigenvalue weighted by molar-refractivity contribution is 1.17. The van der Waals surface area contributed by atoms with Crippen LogP contribution in [0.1, 0.15) is 25.0 Å². The number of nitriles is 1. The Hall–Kier alpha value is -1.56. The van der Waals surface area contributed by atoms with Gasteiger partial charge in [0.05, 0.1) is 5.56 Å². The molecule has 0 fully saturated rings. The molecule has 3 nitrogen and oxygen atoms in total. The third-order valence-electron chi connectivity index (χ3n) is 1.22. The molecular weight excluding hydrogens is 152 g/mol. The van der Waals surface area contributed by atoms with E-state index in [4.69, 9.17) is 5.26 Å². The third-order valence-corrected chi connectivity index (χ3v) is 1.22. The summed E-state index contributed by atoms with van der Waals surface area (Å²) in [4.78, 5) is 13.2. The summed E-state index contributed by atoms with van der Waals surface area (Å²) < 4.78 is 0. The Morgan fingerprint density at radius 1 is 1.50 bits per heavy atom. The Balaban J connectivity index is 0.000000561. The second-order valence-electron chi connectivity index (χ2n) is 2.01. The highest BCUT2D eigenvalue weighted by molar-refractivity contribution is 5.28. The number of aromatic nitrogens is 1. The van der Waals surface area contributed by atoms with E-state index in [2.05, 4.69) is 4.98 Å². The zero-order valence-electron chi connectivity index (χ0n) is 7.51. The first-order valence-corrected chi connectivity index (χ1v) is 3.83. The zero-order chi connectivity index (χ0) is 9.56. The van der Waals surface area contributed by atoms with E-state index in [0.29, 0.717) is 11.1 Å². The van der Waals surface area contributed by atoms with E-state index in [1.54, 1.807) is 13.0 Å². The van der Waals surface area contributed by atoms with Crippen LogP contribution in [0.15, 0.2) is 17.1 Å². The average molecular weight is 164 g/mol. The summed E-state index contributed by atoms with van der Waals surface area (Å²) in [7, 11) is 0. The van der Waals surface area contributed by atoms with E-state index < -0.39 is 0 Å². The second-order valence-corrected chi connectivity index (χ2v) is 2.01. The highest BCUT2D eigenvalue weighted by atomic mass is 16.1. The van der Waals surface area contributed by atoms with Gasteiger partial charge in [-0.15, -0.1) is 0 Å². The molecule has 0 radical (unpaired) electrons. The van der Waals surface area contributed by atoms with Crippen LogP contribution in [0.2, 0.25) is 0 Å². The number of nitrogens with one attached hydrogen (secondary N) is 1. The van der Waals surface area contributed by atoms with Crippen LogP contribution in [0.5, 0.6) is 0 Å². The maximum atomic E-state index is 10.7. The quantitative estimate of drug-likeness (QED) is 0.632. The van der Waals surface area contributed by atoms with Gasteiger partial charge in [-0.1, -0.05) is 13.8 Å². The van der Waals surface area contributed by atoms with Crippen LogP contribution in [0.3, 0.4) is 0 Å². The number of aromatic amines is 1. The molecule has 0 bridgehead atoms. The third kappa shape index (κ3) is 2.59. The van der Waals surface area contributed by atoms with Crippen molar-refractivity contribution in [1.82, 2.24) is 4.98 Å². The zero-order valence-corrected chi connectivity index (χ0v) is 7.51. The van der Waals surface area contributed by atoms with E-state index in [1.165, 1.54) is 6.20 Å². The highest BCUT2D eigenvalue weighted by Gasteiger charge is 1.92.